The van der Waals surface area contributed by atoms with Gasteiger partial charge in [-0.05, 0) is 25.2 Å². The molecule has 1 atom stereocenters. The van der Waals surface area contributed by atoms with Gasteiger partial charge in [-0.15, -0.1) is 0 Å². The van der Waals surface area contributed by atoms with Crippen LogP contribution in [0.15, 0.2) is 0 Å². The number of unbranched alkanes of at least 4 members (excludes halogenated alkanes) is 4. The van der Waals surface area contributed by atoms with Gasteiger partial charge < -0.3 is 0 Å². The third-order valence-corrected chi connectivity index (χ3v) is 4.16. The molecule has 108 valence electrons. The van der Waals surface area contributed by atoms with E-state index < -0.39 is 5.92 Å². The SMILES string of the molecule is CCCCCCCC(NN)C1CCC(F)(F)CC1. The van der Waals surface area contributed by atoms with Crippen molar-refractivity contribution in [3.8, 4) is 0 Å². The lowest BCUT2D eigenvalue weighted by atomic mass is 9.80. The van der Waals surface area contributed by atoms with Crippen molar-refractivity contribution < 1.29 is 8.78 Å². The number of hydrogen-bond acceptors (Lipinski definition) is 2. The molecule has 1 aliphatic carbocycles. The first kappa shape index (κ1) is 15.8. The van der Waals surface area contributed by atoms with Crippen molar-refractivity contribution in [1.29, 1.82) is 0 Å². The molecule has 1 rings (SSSR count). The summed E-state index contributed by atoms with van der Waals surface area (Å²) < 4.78 is 26.2. The van der Waals surface area contributed by atoms with Crippen LogP contribution in [0.25, 0.3) is 0 Å². The van der Waals surface area contributed by atoms with E-state index in [9.17, 15) is 8.78 Å². The zero-order valence-electron chi connectivity index (χ0n) is 11.6. The quantitative estimate of drug-likeness (QED) is 0.394. The van der Waals surface area contributed by atoms with Gasteiger partial charge in [0, 0.05) is 18.9 Å². The summed E-state index contributed by atoms with van der Waals surface area (Å²) in [6.07, 6.45) is 8.50. The van der Waals surface area contributed by atoms with Crippen LogP contribution in [0.1, 0.15) is 71.1 Å². The zero-order valence-corrected chi connectivity index (χ0v) is 11.6. The van der Waals surface area contributed by atoms with E-state index >= 15 is 0 Å². The highest BCUT2D eigenvalue weighted by Crippen LogP contribution is 2.38. The monoisotopic (exact) mass is 262 g/mol. The van der Waals surface area contributed by atoms with E-state index in [1.807, 2.05) is 0 Å². The maximum absolute atomic E-state index is 13.1. The van der Waals surface area contributed by atoms with Gasteiger partial charge in [0.2, 0.25) is 5.92 Å². The summed E-state index contributed by atoms with van der Waals surface area (Å²) in [7, 11) is 0. The summed E-state index contributed by atoms with van der Waals surface area (Å²) in [4.78, 5) is 0. The van der Waals surface area contributed by atoms with Gasteiger partial charge in [0.15, 0.2) is 0 Å². The van der Waals surface area contributed by atoms with Gasteiger partial charge in [0.1, 0.15) is 0 Å². The van der Waals surface area contributed by atoms with Crippen LogP contribution in [0.3, 0.4) is 0 Å². The predicted molar refractivity (Wildman–Crippen MR) is 71.4 cm³/mol. The van der Waals surface area contributed by atoms with E-state index in [1.165, 1.54) is 25.7 Å². The molecule has 0 bridgehead atoms. The molecule has 0 saturated heterocycles. The van der Waals surface area contributed by atoms with E-state index in [0.717, 1.165) is 12.8 Å². The third kappa shape index (κ3) is 5.61. The molecule has 18 heavy (non-hydrogen) atoms. The Hall–Kier alpha value is -0.220. The number of nitrogens with one attached hydrogen (secondary N) is 1. The molecule has 0 radical (unpaired) electrons. The van der Waals surface area contributed by atoms with Crippen LogP contribution in [0, 0.1) is 5.92 Å². The fourth-order valence-corrected chi connectivity index (χ4v) is 2.89. The number of hydrogen-bond donors (Lipinski definition) is 2. The molecule has 0 aromatic rings. The summed E-state index contributed by atoms with van der Waals surface area (Å²) >= 11 is 0. The van der Waals surface area contributed by atoms with Gasteiger partial charge >= 0.3 is 0 Å². The molecule has 2 nitrogen and oxygen atoms in total. The Kier molecular flexibility index (Phi) is 7.08. The molecular weight excluding hydrogens is 234 g/mol. The van der Waals surface area contributed by atoms with Gasteiger partial charge in [-0.2, -0.15) is 0 Å². The summed E-state index contributed by atoms with van der Waals surface area (Å²) in [5.41, 5.74) is 2.85. The van der Waals surface area contributed by atoms with Crippen LogP contribution in [-0.4, -0.2) is 12.0 Å². The minimum absolute atomic E-state index is 0.0334. The minimum Gasteiger partial charge on any atom is -0.271 e. The molecule has 0 aromatic heterocycles. The summed E-state index contributed by atoms with van der Waals surface area (Å²) in [5.74, 6) is 3.47. The van der Waals surface area contributed by atoms with Crippen molar-refractivity contribution in [3.05, 3.63) is 0 Å². The number of alkyl halides is 2. The average molecular weight is 262 g/mol. The Balaban J connectivity index is 2.20. The molecule has 1 saturated carbocycles. The van der Waals surface area contributed by atoms with Crippen LogP contribution in [0.5, 0.6) is 0 Å². The topological polar surface area (TPSA) is 38.0 Å². The Labute approximate surface area is 110 Å². The number of nitrogens with two attached hydrogens (primary N) is 1. The number of hydrazine groups is 1. The molecule has 1 unspecified atom stereocenters. The van der Waals surface area contributed by atoms with Crippen molar-refractivity contribution in [2.75, 3.05) is 0 Å². The van der Waals surface area contributed by atoms with Gasteiger partial charge in [-0.25, -0.2) is 8.78 Å². The summed E-state index contributed by atoms with van der Waals surface area (Å²) in [6, 6.07) is 0.225. The second kappa shape index (κ2) is 8.05. The molecule has 0 aliphatic heterocycles. The molecule has 0 amide bonds. The summed E-state index contributed by atoms with van der Waals surface area (Å²) in [5, 5.41) is 0. The molecule has 0 heterocycles. The molecule has 4 heteroatoms. The Bertz CT molecular complexity index is 212. The molecule has 1 aliphatic rings. The Morgan fingerprint density at radius 2 is 1.78 bits per heavy atom. The second-order valence-corrected chi connectivity index (χ2v) is 5.67. The van der Waals surface area contributed by atoms with Crippen LogP contribution < -0.4 is 11.3 Å². The maximum atomic E-state index is 13.1. The van der Waals surface area contributed by atoms with Crippen LogP contribution in [0.4, 0.5) is 8.78 Å². The fraction of sp³-hybridized carbons (Fsp3) is 1.00. The van der Waals surface area contributed by atoms with E-state index in [-0.39, 0.29) is 18.9 Å². The van der Waals surface area contributed by atoms with Gasteiger partial charge in [-0.3, -0.25) is 11.3 Å². The normalized spacial score (nSPS) is 22.0. The Morgan fingerprint density at radius 1 is 1.17 bits per heavy atom. The molecule has 1 fully saturated rings. The standard InChI is InChI=1S/C14H28F2N2/c1-2-3-4-5-6-7-13(18-17)12-8-10-14(15,16)11-9-12/h12-13,18H,2-11,17H2,1H3. The lowest BCUT2D eigenvalue weighted by Gasteiger charge is -2.33. The largest absolute Gasteiger partial charge is 0.271 e. The van der Waals surface area contributed by atoms with E-state index in [2.05, 4.69) is 12.3 Å². The van der Waals surface area contributed by atoms with Crippen LogP contribution in [0.2, 0.25) is 0 Å². The van der Waals surface area contributed by atoms with Crippen molar-refractivity contribution in [2.24, 2.45) is 11.8 Å². The zero-order chi connectivity index (χ0) is 13.4. The third-order valence-electron chi connectivity index (χ3n) is 4.16. The van der Waals surface area contributed by atoms with E-state index in [0.29, 0.717) is 18.8 Å². The molecular formula is C14H28F2N2. The smallest absolute Gasteiger partial charge is 0.248 e. The first-order valence-electron chi connectivity index (χ1n) is 7.43. The van der Waals surface area contributed by atoms with Crippen molar-refractivity contribution in [2.45, 2.75) is 83.1 Å². The Morgan fingerprint density at radius 3 is 2.33 bits per heavy atom. The van der Waals surface area contributed by atoms with E-state index in [4.69, 9.17) is 5.84 Å². The highest BCUT2D eigenvalue weighted by Gasteiger charge is 2.37. The first-order chi connectivity index (χ1) is 8.59. The van der Waals surface area contributed by atoms with Crippen LogP contribution in [-0.2, 0) is 0 Å². The highest BCUT2D eigenvalue weighted by molar-refractivity contribution is 4.83. The van der Waals surface area contributed by atoms with Gasteiger partial charge in [0.05, 0.1) is 0 Å². The van der Waals surface area contributed by atoms with Crippen molar-refractivity contribution in [3.63, 3.8) is 0 Å². The summed E-state index contributed by atoms with van der Waals surface area (Å²) in [6.45, 7) is 2.20. The van der Waals surface area contributed by atoms with Gasteiger partial charge in [0.25, 0.3) is 0 Å². The van der Waals surface area contributed by atoms with Gasteiger partial charge in [-0.1, -0.05) is 39.0 Å². The maximum Gasteiger partial charge on any atom is 0.248 e. The number of rotatable bonds is 8. The highest BCUT2D eigenvalue weighted by atomic mass is 19.3. The van der Waals surface area contributed by atoms with E-state index in [1.54, 1.807) is 0 Å². The molecule has 0 spiro atoms. The minimum atomic E-state index is -2.43. The lowest BCUT2D eigenvalue weighted by molar-refractivity contribution is -0.0499. The average Bonchev–Trinajstić information content (AvgIpc) is 2.35. The molecule has 0 aromatic carbocycles. The van der Waals surface area contributed by atoms with Crippen LogP contribution >= 0.6 is 0 Å². The lowest BCUT2D eigenvalue weighted by Crippen LogP contribution is -2.43. The predicted octanol–water partition coefficient (Wildman–Crippen LogP) is 4.00. The van der Waals surface area contributed by atoms with Crippen molar-refractivity contribution in [1.82, 2.24) is 5.43 Å². The first-order valence-corrected chi connectivity index (χ1v) is 7.43. The fourth-order valence-electron chi connectivity index (χ4n) is 2.89. The molecule has 3 N–H and O–H groups in total. The number of halogens is 2. The van der Waals surface area contributed by atoms with Crippen molar-refractivity contribution >= 4 is 0 Å². The second-order valence-electron chi connectivity index (χ2n) is 5.67.